The van der Waals surface area contributed by atoms with Gasteiger partial charge in [0.1, 0.15) is 0 Å². The Hall–Kier alpha value is -2.65. The fourth-order valence-electron chi connectivity index (χ4n) is 3.02. The van der Waals surface area contributed by atoms with E-state index in [9.17, 15) is 8.42 Å². The minimum Gasteiger partial charge on any atom is -0.237 e. The van der Waals surface area contributed by atoms with E-state index in [4.69, 9.17) is 5.26 Å². The highest BCUT2D eigenvalue weighted by atomic mass is 32.2. The Kier molecular flexibility index (Phi) is 3.90. The molecule has 0 aliphatic heterocycles. The molecule has 3 rings (SSSR count). The van der Waals surface area contributed by atoms with Gasteiger partial charge in [-0.1, -0.05) is 19.1 Å². The van der Waals surface area contributed by atoms with Crippen molar-refractivity contribution in [3.05, 3.63) is 53.3 Å². The van der Waals surface area contributed by atoms with E-state index in [1.807, 2.05) is 25.1 Å². The second-order valence-corrected chi connectivity index (χ2v) is 7.68. The maximum absolute atomic E-state index is 12.4. The maximum atomic E-state index is 12.4. The summed E-state index contributed by atoms with van der Waals surface area (Å²) in [5, 5.41) is 13.6. The molecule has 0 saturated carbocycles. The van der Waals surface area contributed by atoms with E-state index in [1.54, 1.807) is 29.6 Å². The molecule has 5 nitrogen and oxygen atoms in total. The van der Waals surface area contributed by atoms with Gasteiger partial charge in [-0.15, -0.1) is 0 Å². The number of aromatic nitrogens is 2. The highest BCUT2D eigenvalue weighted by molar-refractivity contribution is 7.91. The summed E-state index contributed by atoms with van der Waals surface area (Å²) in [7, 11) is -3.48. The monoisotopic (exact) mass is 339 g/mol. The van der Waals surface area contributed by atoms with Gasteiger partial charge in [-0.05, 0) is 43.2 Å². The third-order valence-corrected chi connectivity index (χ3v) is 5.25. The van der Waals surface area contributed by atoms with Crippen molar-refractivity contribution in [1.82, 2.24) is 9.61 Å². The van der Waals surface area contributed by atoms with Crippen molar-refractivity contribution < 1.29 is 8.42 Å². The first-order valence-electron chi connectivity index (χ1n) is 7.58. The highest BCUT2D eigenvalue weighted by Crippen LogP contribution is 2.34. The number of rotatable bonds is 3. The standard InChI is InChI=1S/C18H17N3O2S/c1-4-15-8-9-16-17(14-7-5-6-13(10-14)11-19)18(24(3,22)23)12(2)20-21(15)16/h5-10H,4H2,1-3H3. The van der Waals surface area contributed by atoms with Gasteiger partial charge in [-0.25, -0.2) is 12.9 Å². The van der Waals surface area contributed by atoms with Crippen molar-refractivity contribution in [3.63, 3.8) is 0 Å². The van der Waals surface area contributed by atoms with Crippen LogP contribution in [0.2, 0.25) is 0 Å². The van der Waals surface area contributed by atoms with Crippen LogP contribution in [0.3, 0.4) is 0 Å². The topological polar surface area (TPSA) is 75.2 Å². The summed E-state index contributed by atoms with van der Waals surface area (Å²) in [5.41, 5.74) is 3.97. The van der Waals surface area contributed by atoms with Gasteiger partial charge < -0.3 is 0 Å². The SMILES string of the molecule is CCc1ccc2c(-c3cccc(C#N)c3)c(S(C)(=O)=O)c(C)nn12. The van der Waals surface area contributed by atoms with E-state index in [2.05, 4.69) is 11.2 Å². The molecule has 0 saturated heterocycles. The van der Waals surface area contributed by atoms with Gasteiger partial charge in [0.25, 0.3) is 0 Å². The van der Waals surface area contributed by atoms with Crippen LogP contribution in [0.4, 0.5) is 0 Å². The predicted octanol–water partition coefficient (Wildman–Crippen LogP) is 3.15. The molecule has 2 aromatic heterocycles. The van der Waals surface area contributed by atoms with Crippen LogP contribution in [0.25, 0.3) is 16.6 Å². The summed E-state index contributed by atoms with van der Waals surface area (Å²) >= 11 is 0. The van der Waals surface area contributed by atoms with Crippen LogP contribution in [0.15, 0.2) is 41.3 Å². The predicted molar refractivity (Wildman–Crippen MR) is 92.6 cm³/mol. The number of hydrogen-bond acceptors (Lipinski definition) is 4. The van der Waals surface area contributed by atoms with Crippen molar-refractivity contribution in [3.8, 4) is 17.2 Å². The minimum absolute atomic E-state index is 0.214. The Balaban J connectivity index is 2.51. The zero-order valence-electron chi connectivity index (χ0n) is 13.7. The molecular weight excluding hydrogens is 322 g/mol. The Morgan fingerprint density at radius 3 is 2.62 bits per heavy atom. The fourth-order valence-corrected chi connectivity index (χ4v) is 4.19. The quantitative estimate of drug-likeness (QED) is 0.734. The number of sulfone groups is 1. The summed E-state index contributed by atoms with van der Waals surface area (Å²) in [5.74, 6) is 0. The number of hydrogen-bond donors (Lipinski definition) is 0. The highest BCUT2D eigenvalue weighted by Gasteiger charge is 2.23. The number of nitriles is 1. The van der Waals surface area contributed by atoms with Gasteiger partial charge in [0.05, 0.1) is 27.7 Å². The number of nitrogens with zero attached hydrogens (tertiary/aromatic N) is 3. The van der Waals surface area contributed by atoms with Gasteiger partial charge in [-0.3, -0.25) is 0 Å². The minimum atomic E-state index is -3.48. The van der Waals surface area contributed by atoms with Gasteiger partial charge in [0, 0.05) is 17.5 Å². The Bertz CT molecular complexity index is 1090. The summed E-state index contributed by atoms with van der Waals surface area (Å²) < 4.78 is 26.6. The lowest BCUT2D eigenvalue weighted by atomic mass is 10.0. The smallest absolute Gasteiger partial charge is 0.178 e. The second-order valence-electron chi connectivity index (χ2n) is 5.73. The number of fused-ring (bicyclic) bond motifs is 1. The summed E-state index contributed by atoms with van der Waals surface area (Å²) in [6.07, 6.45) is 1.98. The molecule has 0 aliphatic carbocycles. The molecule has 0 amide bonds. The lowest BCUT2D eigenvalue weighted by molar-refractivity contribution is 0.600. The molecular formula is C18H17N3O2S. The molecule has 0 fully saturated rings. The average molecular weight is 339 g/mol. The van der Waals surface area contributed by atoms with E-state index in [0.717, 1.165) is 17.6 Å². The molecule has 0 radical (unpaired) electrons. The maximum Gasteiger partial charge on any atom is 0.178 e. The van der Waals surface area contributed by atoms with Gasteiger partial charge in [0.2, 0.25) is 0 Å². The molecule has 24 heavy (non-hydrogen) atoms. The van der Waals surface area contributed by atoms with E-state index in [1.165, 1.54) is 6.26 Å². The van der Waals surface area contributed by atoms with Crippen LogP contribution in [0.5, 0.6) is 0 Å². The lowest BCUT2D eigenvalue weighted by Gasteiger charge is -2.14. The largest absolute Gasteiger partial charge is 0.237 e. The van der Waals surface area contributed by atoms with E-state index < -0.39 is 9.84 Å². The summed E-state index contributed by atoms with van der Waals surface area (Å²) in [4.78, 5) is 0.214. The van der Waals surface area contributed by atoms with E-state index in [0.29, 0.717) is 22.4 Å². The number of aryl methyl sites for hydroxylation is 2. The lowest BCUT2D eigenvalue weighted by Crippen LogP contribution is -2.10. The van der Waals surface area contributed by atoms with Crippen LogP contribution < -0.4 is 0 Å². The van der Waals surface area contributed by atoms with E-state index in [-0.39, 0.29) is 4.90 Å². The fraction of sp³-hybridized carbons (Fsp3) is 0.222. The first-order valence-corrected chi connectivity index (χ1v) is 9.47. The van der Waals surface area contributed by atoms with Crippen LogP contribution in [-0.2, 0) is 16.3 Å². The Morgan fingerprint density at radius 2 is 2.00 bits per heavy atom. The van der Waals surface area contributed by atoms with Crippen LogP contribution in [0, 0.1) is 18.3 Å². The number of benzene rings is 1. The molecule has 3 aromatic rings. The van der Waals surface area contributed by atoms with Gasteiger partial charge in [0.15, 0.2) is 9.84 Å². The van der Waals surface area contributed by atoms with Crippen molar-refractivity contribution in [2.24, 2.45) is 0 Å². The third kappa shape index (κ3) is 2.57. The molecule has 122 valence electrons. The normalized spacial score (nSPS) is 11.6. The molecule has 0 spiro atoms. The Labute approximate surface area is 141 Å². The van der Waals surface area contributed by atoms with Crippen molar-refractivity contribution in [2.45, 2.75) is 25.2 Å². The molecule has 2 heterocycles. The van der Waals surface area contributed by atoms with Gasteiger partial charge >= 0.3 is 0 Å². The van der Waals surface area contributed by atoms with Crippen molar-refractivity contribution in [2.75, 3.05) is 6.26 Å². The summed E-state index contributed by atoms with van der Waals surface area (Å²) in [6, 6.07) is 12.9. The zero-order valence-corrected chi connectivity index (χ0v) is 14.6. The van der Waals surface area contributed by atoms with Crippen LogP contribution >= 0.6 is 0 Å². The zero-order chi connectivity index (χ0) is 17.5. The molecule has 0 N–H and O–H groups in total. The van der Waals surface area contributed by atoms with Gasteiger partial charge in [-0.2, -0.15) is 10.4 Å². The average Bonchev–Trinajstić information content (AvgIpc) is 2.95. The first-order chi connectivity index (χ1) is 11.4. The molecule has 0 aliphatic rings. The third-order valence-electron chi connectivity index (χ3n) is 4.01. The van der Waals surface area contributed by atoms with Crippen molar-refractivity contribution in [1.29, 1.82) is 5.26 Å². The molecule has 0 bridgehead atoms. The summed E-state index contributed by atoms with van der Waals surface area (Å²) in [6.45, 7) is 3.73. The van der Waals surface area contributed by atoms with E-state index >= 15 is 0 Å². The molecule has 0 atom stereocenters. The molecule has 1 aromatic carbocycles. The first kappa shape index (κ1) is 16.2. The molecule has 0 unspecified atom stereocenters. The van der Waals surface area contributed by atoms with Crippen LogP contribution in [0.1, 0.15) is 23.9 Å². The molecule has 6 heteroatoms. The van der Waals surface area contributed by atoms with Crippen LogP contribution in [-0.4, -0.2) is 24.3 Å². The second kappa shape index (κ2) is 5.77. The van der Waals surface area contributed by atoms with Crippen molar-refractivity contribution >= 4 is 15.4 Å². The Morgan fingerprint density at radius 1 is 1.25 bits per heavy atom.